The molecule has 0 amide bonds. The van der Waals surface area contributed by atoms with Crippen LogP contribution in [0.3, 0.4) is 0 Å². The molecule has 1 fully saturated rings. The lowest BCUT2D eigenvalue weighted by molar-refractivity contribution is 0.0730. The van der Waals surface area contributed by atoms with Crippen LogP contribution in [0.4, 0.5) is 0 Å². The van der Waals surface area contributed by atoms with Gasteiger partial charge in [0.2, 0.25) is 20.0 Å². The van der Waals surface area contributed by atoms with Gasteiger partial charge in [0.25, 0.3) is 0 Å². The van der Waals surface area contributed by atoms with Gasteiger partial charge in [-0.1, -0.05) is 18.2 Å². The Hall–Kier alpha value is -2.57. The molecular formula is C20H22N4O5S2. The highest BCUT2D eigenvalue weighted by Crippen LogP contribution is 2.20. The lowest BCUT2D eigenvalue weighted by Gasteiger charge is -2.26. The lowest BCUT2D eigenvalue weighted by Crippen LogP contribution is -2.40. The van der Waals surface area contributed by atoms with E-state index in [0.717, 1.165) is 11.3 Å². The Bertz CT molecular complexity index is 1230. The van der Waals surface area contributed by atoms with Gasteiger partial charge in [0, 0.05) is 32.0 Å². The third-order valence-electron chi connectivity index (χ3n) is 4.97. The number of rotatable bonds is 7. The summed E-state index contributed by atoms with van der Waals surface area (Å²) in [4.78, 5) is 4.07. The minimum absolute atomic E-state index is 0.00598. The molecule has 0 aliphatic carbocycles. The van der Waals surface area contributed by atoms with Crippen LogP contribution in [-0.2, 0) is 31.3 Å². The third-order valence-corrected chi connectivity index (χ3v) is 8.30. The van der Waals surface area contributed by atoms with Crippen molar-refractivity contribution >= 4 is 20.0 Å². The number of morpholine rings is 1. The molecule has 1 aliphatic heterocycles. The topological polar surface area (TPSA) is 111 Å². The quantitative estimate of drug-likeness (QED) is 0.568. The summed E-state index contributed by atoms with van der Waals surface area (Å²) in [5.41, 5.74) is 1.59. The molecule has 0 bridgehead atoms. The maximum Gasteiger partial charge on any atom is 0.243 e. The van der Waals surface area contributed by atoms with E-state index in [4.69, 9.17) is 4.74 Å². The number of nitrogens with one attached hydrogen (secondary N) is 1. The van der Waals surface area contributed by atoms with Crippen molar-refractivity contribution in [2.45, 2.75) is 16.3 Å². The number of nitrogens with zero attached hydrogens (tertiary/aromatic N) is 3. The molecule has 4 rings (SSSR count). The van der Waals surface area contributed by atoms with Crippen LogP contribution in [0.2, 0.25) is 0 Å². The van der Waals surface area contributed by atoms with Gasteiger partial charge in [-0.25, -0.2) is 26.5 Å². The van der Waals surface area contributed by atoms with E-state index < -0.39 is 20.0 Å². The molecule has 2 heterocycles. The molecule has 3 aromatic rings. The highest BCUT2D eigenvalue weighted by molar-refractivity contribution is 7.89. The monoisotopic (exact) mass is 462 g/mol. The number of imidazole rings is 1. The largest absolute Gasteiger partial charge is 0.379 e. The van der Waals surface area contributed by atoms with Crippen LogP contribution >= 0.6 is 0 Å². The van der Waals surface area contributed by atoms with Gasteiger partial charge in [-0.3, -0.25) is 0 Å². The molecule has 1 N–H and O–H groups in total. The number of sulfonamides is 2. The fraction of sp³-hybridized carbons (Fsp3) is 0.250. The lowest BCUT2D eigenvalue weighted by atomic mass is 10.2. The third kappa shape index (κ3) is 4.70. The summed E-state index contributed by atoms with van der Waals surface area (Å²) in [6.07, 6.45) is 5.06. The number of ether oxygens (including phenoxy) is 1. The maximum absolute atomic E-state index is 12.8. The van der Waals surface area contributed by atoms with Crippen molar-refractivity contribution in [1.29, 1.82) is 0 Å². The van der Waals surface area contributed by atoms with Crippen molar-refractivity contribution in [1.82, 2.24) is 18.6 Å². The highest BCUT2D eigenvalue weighted by atomic mass is 32.2. The zero-order valence-electron chi connectivity index (χ0n) is 16.6. The Kier molecular flexibility index (Phi) is 6.21. The van der Waals surface area contributed by atoms with Gasteiger partial charge in [-0.15, -0.1) is 0 Å². The van der Waals surface area contributed by atoms with Gasteiger partial charge in [0.1, 0.15) is 0 Å². The molecule has 1 saturated heterocycles. The molecule has 2 aromatic carbocycles. The molecule has 0 spiro atoms. The Morgan fingerprint density at radius 2 is 1.61 bits per heavy atom. The minimum atomic E-state index is -3.83. The number of hydrogen-bond acceptors (Lipinski definition) is 6. The second-order valence-electron chi connectivity index (χ2n) is 6.91. The minimum Gasteiger partial charge on any atom is -0.379 e. The van der Waals surface area contributed by atoms with Gasteiger partial charge in [-0.2, -0.15) is 4.31 Å². The number of benzene rings is 2. The van der Waals surface area contributed by atoms with E-state index in [1.807, 2.05) is 24.3 Å². The van der Waals surface area contributed by atoms with E-state index in [-0.39, 0.29) is 29.4 Å². The van der Waals surface area contributed by atoms with E-state index in [9.17, 15) is 16.8 Å². The van der Waals surface area contributed by atoms with E-state index in [1.54, 1.807) is 23.3 Å². The van der Waals surface area contributed by atoms with Crippen LogP contribution in [0.15, 0.2) is 77.0 Å². The zero-order chi connectivity index (χ0) is 21.9. The van der Waals surface area contributed by atoms with Crippen LogP contribution in [0, 0.1) is 0 Å². The summed E-state index contributed by atoms with van der Waals surface area (Å²) in [5, 5.41) is 0. The van der Waals surface area contributed by atoms with Gasteiger partial charge in [0.15, 0.2) is 0 Å². The summed E-state index contributed by atoms with van der Waals surface area (Å²) in [6.45, 7) is 1.32. The van der Waals surface area contributed by atoms with Crippen LogP contribution < -0.4 is 4.72 Å². The first-order chi connectivity index (χ1) is 14.9. The first-order valence-electron chi connectivity index (χ1n) is 9.62. The molecule has 0 saturated carbocycles. The van der Waals surface area contributed by atoms with Crippen LogP contribution in [-0.4, -0.2) is 57.0 Å². The average Bonchev–Trinajstić information content (AvgIpc) is 3.33. The molecule has 0 unspecified atom stereocenters. The van der Waals surface area contributed by atoms with E-state index in [2.05, 4.69) is 9.71 Å². The molecule has 0 radical (unpaired) electrons. The van der Waals surface area contributed by atoms with Crippen LogP contribution in [0.25, 0.3) is 5.69 Å². The standard InChI is InChI=1S/C20H22N4O5S2/c25-30(26,22-15-17-3-1-2-4-20(17)23-10-9-21-16-23)18-5-7-19(8-6-18)31(27,28)24-11-13-29-14-12-24/h1-10,16,22H,11-15H2. The molecule has 9 nitrogen and oxygen atoms in total. The van der Waals surface area contributed by atoms with E-state index in [1.165, 1.54) is 28.6 Å². The van der Waals surface area contributed by atoms with Crippen molar-refractivity contribution < 1.29 is 21.6 Å². The SMILES string of the molecule is O=S(=O)(NCc1ccccc1-n1ccnc1)c1ccc(S(=O)(=O)N2CCOCC2)cc1. The van der Waals surface area contributed by atoms with Gasteiger partial charge in [0.05, 0.1) is 35.0 Å². The summed E-state index contributed by atoms with van der Waals surface area (Å²) in [7, 11) is -7.52. The van der Waals surface area contributed by atoms with Crippen molar-refractivity contribution in [3.05, 3.63) is 72.8 Å². The summed E-state index contributed by atoms with van der Waals surface area (Å²) in [6, 6.07) is 12.6. The average molecular weight is 463 g/mol. The summed E-state index contributed by atoms with van der Waals surface area (Å²) >= 11 is 0. The molecule has 31 heavy (non-hydrogen) atoms. The van der Waals surface area contributed by atoms with Crippen molar-refractivity contribution in [2.24, 2.45) is 0 Å². The van der Waals surface area contributed by atoms with Crippen molar-refractivity contribution in [3.8, 4) is 5.69 Å². The first-order valence-corrected chi connectivity index (χ1v) is 12.5. The second kappa shape index (κ2) is 8.89. The normalized spacial score (nSPS) is 15.7. The van der Waals surface area contributed by atoms with E-state index in [0.29, 0.717) is 13.2 Å². The maximum atomic E-state index is 12.8. The smallest absolute Gasteiger partial charge is 0.243 e. The predicted octanol–water partition coefficient (Wildman–Crippen LogP) is 1.37. The summed E-state index contributed by atoms with van der Waals surface area (Å²) < 4.78 is 61.8. The van der Waals surface area contributed by atoms with Gasteiger partial charge in [-0.05, 0) is 35.9 Å². The van der Waals surface area contributed by atoms with Crippen LogP contribution in [0.5, 0.6) is 0 Å². The number of para-hydroxylation sites is 1. The summed E-state index contributed by atoms with van der Waals surface area (Å²) in [5.74, 6) is 0. The number of hydrogen-bond donors (Lipinski definition) is 1. The van der Waals surface area contributed by atoms with E-state index >= 15 is 0 Å². The first kappa shape index (κ1) is 21.7. The zero-order valence-corrected chi connectivity index (χ0v) is 18.2. The molecule has 164 valence electrons. The highest BCUT2D eigenvalue weighted by Gasteiger charge is 2.26. The van der Waals surface area contributed by atoms with Gasteiger partial charge >= 0.3 is 0 Å². The van der Waals surface area contributed by atoms with Crippen LogP contribution in [0.1, 0.15) is 5.56 Å². The molecule has 0 atom stereocenters. The fourth-order valence-electron chi connectivity index (χ4n) is 3.30. The van der Waals surface area contributed by atoms with Crippen molar-refractivity contribution in [2.75, 3.05) is 26.3 Å². The number of aromatic nitrogens is 2. The Morgan fingerprint density at radius 1 is 0.935 bits per heavy atom. The van der Waals surface area contributed by atoms with Crippen molar-refractivity contribution in [3.63, 3.8) is 0 Å². The second-order valence-corrected chi connectivity index (χ2v) is 10.6. The molecule has 11 heteroatoms. The molecule has 1 aromatic heterocycles. The molecule has 1 aliphatic rings. The molecular weight excluding hydrogens is 440 g/mol. The Morgan fingerprint density at radius 3 is 2.29 bits per heavy atom. The predicted molar refractivity (Wildman–Crippen MR) is 114 cm³/mol. The Labute approximate surface area is 181 Å². The fourth-order valence-corrected chi connectivity index (χ4v) is 5.71. The Balaban J connectivity index is 1.50. The van der Waals surface area contributed by atoms with Gasteiger partial charge < -0.3 is 9.30 Å².